The molecule has 0 saturated carbocycles. The van der Waals surface area contributed by atoms with E-state index in [1.165, 1.54) is 4.90 Å². The molecule has 3 unspecified atom stereocenters. The molecule has 0 aliphatic carbocycles. The van der Waals surface area contributed by atoms with Gasteiger partial charge >= 0.3 is 12.4 Å². The number of morpholine rings is 1. The topological polar surface area (TPSA) is 58.1 Å². The Hall–Kier alpha value is -1.93. The molecule has 2 aliphatic rings. The fourth-order valence-electron chi connectivity index (χ4n) is 4.15. The standard InChI is InChI=1S/C22H22BrF6N3O3/c1-12-19(13-8-14(21(24,25)26)10-15(9-13)22(27,28)29)35-20(33)32(12)11-17-16(23)2-3-18(30-17)31-4-6-34-7-5-31/h2-3,8-10,12,19-20,33H,4-7,11H2,1H3. The molecule has 4 rings (SSSR count). The highest BCUT2D eigenvalue weighted by Crippen LogP contribution is 2.41. The first kappa shape index (κ1) is 26.1. The molecule has 13 heteroatoms. The van der Waals surface area contributed by atoms with E-state index in [1.54, 1.807) is 13.0 Å². The average Bonchev–Trinajstić information content (AvgIpc) is 3.08. The van der Waals surface area contributed by atoms with Crippen LogP contribution in [0.4, 0.5) is 32.2 Å². The number of aromatic nitrogens is 1. The maximum atomic E-state index is 13.3. The fraction of sp³-hybridized carbons (Fsp3) is 0.500. The van der Waals surface area contributed by atoms with Gasteiger partial charge in [0.2, 0.25) is 6.41 Å². The van der Waals surface area contributed by atoms with Gasteiger partial charge in [-0.25, -0.2) is 9.88 Å². The minimum atomic E-state index is -4.98. The zero-order valence-electron chi connectivity index (χ0n) is 18.4. The van der Waals surface area contributed by atoms with E-state index in [4.69, 9.17) is 9.47 Å². The lowest BCUT2D eigenvalue weighted by Gasteiger charge is -2.29. The minimum Gasteiger partial charge on any atom is -0.378 e. The molecule has 0 spiro atoms. The second-order valence-corrected chi connectivity index (χ2v) is 9.19. The van der Waals surface area contributed by atoms with E-state index >= 15 is 0 Å². The Morgan fingerprint density at radius 3 is 2.20 bits per heavy atom. The lowest BCUT2D eigenvalue weighted by Crippen LogP contribution is -2.37. The number of hydrogen-bond acceptors (Lipinski definition) is 6. The Morgan fingerprint density at radius 2 is 1.63 bits per heavy atom. The van der Waals surface area contributed by atoms with Gasteiger partial charge in [-0.3, -0.25) is 0 Å². The van der Waals surface area contributed by atoms with Gasteiger partial charge < -0.3 is 19.5 Å². The molecule has 0 amide bonds. The quantitative estimate of drug-likeness (QED) is 0.525. The van der Waals surface area contributed by atoms with Crippen molar-refractivity contribution in [3.05, 3.63) is 57.2 Å². The van der Waals surface area contributed by atoms with Crippen LogP contribution in [-0.2, 0) is 28.4 Å². The molecular weight excluding hydrogens is 548 g/mol. The van der Waals surface area contributed by atoms with E-state index in [2.05, 4.69) is 20.9 Å². The van der Waals surface area contributed by atoms with Crippen LogP contribution in [-0.4, -0.2) is 53.7 Å². The molecule has 2 aromatic rings. The highest BCUT2D eigenvalue weighted by Gasteiger charge is 2.43. The van der Waals surface area contributed by atoms with Gasteiger partial charge in [0.1, 0.15) is 11.9 Å². The maximum Gasteiger partial charge on any atom is 0.416 e. The van der Waals surface area contributed by atoms with Crippen LogP contribution in [0.1, 0.15) is 35.4 Å². The average molecular weight is 570 g/mol. The molecule has 3 atom stereocenters. The molecule has 1 aromatic carbocycles. The van der Waals surface area contributed by atoms with E-state index in [0.717, 1.165) is 0 Å². The van der Waals surface area contributed by atoms with E-state index < -0.39 is 42.0 Å². The first-order valence-electron chi connectivity index (χ1n) is 10.7. The third-order valence-corrected chi connectivity index (χ3v) is 6.75. The number of ether oxygens (including phenoxy) is 2. The fourth-order valence-corrected chi connectivity index (χ4v) is 4.49. The second kappa shape index (κ2) is 9.85. The summed E-state index contributed by atoms with van der Waals surface area (Å²) in [5.74, 6) is 0.693. The van der Waals surface area contributed by atoms with Crippen molar-refractivity contribution < 1.29 is 40.9 Å². The van der Waals surface area contributed by atoms with Crippen molar-refractivity contribution in [1.82, 2.24) is 9.88 Å². The molecule has 2 aliphatic heterocycles. The number of hydrogen-bond donors (Lipinski definition) is 1. The summed E-state index contributed by atoms with van der Waals surface area (Å²) >= 11 is 3.42. The number of anilines is 1. The molecule has 1 aromatic heterocycles. The molecular formula is C22H22BrF6N3O3. The summed E-state index contributed by atoms with van der Waals surface area (Å²) < 4.78 is 91.2. The lowest BCUT2D eigenvalue weighted by molar-refractivity contribution is -0.154. The smallest absolute Gasteiger partial charge is 0.378 e. The van der Waals surface area contributed by atoms with Crippen LogP contribution < -0.4 is 4.90 Å². The first-order chi connectivity index (χ1) is 16.3. The van der Waals surface area contributed by atoms with Crippen LogP contribution in [0, 0.1) is 0 Å². The summed E-state index contributed by atoms with van der Waals surface area (Å²) in [7, 11) is 0. The molecule has 0 bridgehead atoms. The number of aliphatic hydroxyl groups is 1. The van der Waals surface area contributed by atoms with Crippen molar-refractivity contribution in [2.75, 3.05) is 31.2 Å². The highest BCUT2D eigenvalue weighted by atomic mass is 79.9. The molecule has 0 radical (unpaired) electrons. The largest absolute Gasteiger partial charge is 0.416 e. The van der Waals surface area contributed by atoms with Crippen LogP contribution in [0.5, 0.6) is 0 Å². The van der Waals surface area contributed by atoms with Crippen molar-refractivity contribution in [3.63, 3.8) is 0 Å². The van der Waals surface area contributed by atoms with Crippen molar-refractivity contribution in [1.29, 1.82) is 0 Å². The third-order valence-electron chi connectivity index (χ3n) is 6.02. The lowest BCUT2D eigenvalue weighted by atomic mass is 9.97. The van der Waals surface area contributed by atoms with Crippen LogP contribution in [0.2, 0.25) is 0 Å². The normalized spacial score (nSPS) is 24.3. The number of pyridine rings is 1. The Balaban J connectivity index is 1.61. The van der Waals surface area contributed by atoms with Crippen molar-refractivity contribution >= 4 is 21.7 Å². The van der Waals surface area contributed by atoms with Gasteiger partial charge in [0.25, 0.3) is 0 Å². The van der Waals surface area contributed by atoms with Crippen LogP contribution in [0.15, 0.2) is 34.8 Å². The molecule has 3 heterocycles. The number of alkyl halides is 6. The minimum absolute atomic E-state index is 0.0443. The van der Waals surface area contributed by atoms with Gasteiger partial charge in [0.05, 0.1) is 30.0 Å². The van der Waals surface area contributed by atoms with Gasteiger partial charge in [-0.05, 0) is 58.7 Å². The number of halogens is 7. The number of benzene rings is 1. The third kappa shape index (κ3) is 5.74. The van der Waals surface area contributed by atoms with E-state index in [0.29, 0.717) is 54.4 Å². The number of rotatable bonds is 4. The SMILES string of the molecule is CC1C(c2cc(C(F)(F)F)cc(C(F)(F)F)c2)OC(O)N1Cc1nc(N2CCOCC2)ccc1Br. The summed E-state index contributed by atoms with van der Waals surface area (Å²) in [4.78, 5) is 8.09. The van der Waals surface area contributed by atoms with E-state index in [9.17, 15) is 31.4 Å². The van der Waals surface area contributed by atoms with E-state index in [1.807, 2.05) is 11.0 Å². The summed E-state index contributed by atoms with van der Waals surface area (Å²) in [5.41, 5.74) is -2.66. The summed E-state index contributed by atoms with van der Waals surface area (Å²) in [5, 5.41) is 10.5. The van der Waals surface area contributed by atoms with Gasteiger partial charge in [-0.1, -0.05) is 0 Å². The number of aliphatic hydroxyl groups excluding tert-OH is 1. The molecule has 2 fully saturated rings. The molecule has 192 valence electrons. The molecule has 35 heavy (non-hydrogen) atoms. The summed E-state index contributed by atoms with van der Waals surface area (Å²) in [6.07, 6.45) is -12.7. The van der Waals surface area contributed by atoms with Crippen molar-refractivity contribution in [2.45, 2.75) is 44.4 Å². The van der Waals surface area contributed by atoms with Gasteiger partial charge in [-0.2, -0.15) is 26.3 Å². The Kier molecular flexibility index (Phi) is 7.36. The van der Waals surface area contributed by atoms with Crippen LogP contribution >= 0.6 is 15.9 Å². The molecule has 6 nitrogen and oxygen atoms in total. The van der Waals surface area contributed by atoms with Gasteiger partial charge in [0, 0.05) is 30.1 Å². The van der Waals surface area contributed by atoms with Crippen molar-refractivity contribution in [3.8, 4) is 0 Å². The monoisotopic (exact) mass is 569 g/mol. The maximum absolute atomic E-state index is 13.3. The van der Waals surface area contributed by atoms with Gasteiger partial charge in [0.15, 0.2) is 0 Å². The van der Waals surface area contributed by atoms with Crippen molar-refractivity contribution in [2.24, 2.45) is 0 Å². The Bertz CT molecular complexity index is 1030. The Labute approximate surface area is 205 Å². The summed E-state index contributed by atoms with van der Waals surface area (Å²) in [6.45, 7) is 4.03. The highest BCUT2D eigenvalue weighted by molar-refractivity contribution is 9.10. The second-order valence-electron chi connectivity index (χ2n) is 8.33. The van der Waals surface area contributed by atoms with Crippen LogP contribution in [0.25, 0.3) is 0 Å². The van der Waals surface area contributed by atoms with E-state index in [-0.39, 0.29) is 18.2 Å². The zero-order chi connectivity index (χ0) is 25.5. The first-order valence-corrected chi connectivity index (χ1v) is 11.5. The number of nitrogens with zero attached hydrogens (tertiary/aromatic N) is 3. The Morgan fingerprint density at radius 1 is 1.03 bits per heavy atom. The zero-order valence-corrected chi connectivity index (χ0v) is 20.0. The van der Waals surface area contributed by atoms with Crippen LogP contribution in [0.3, 0.4) is 0 Å². The van der Waals surface area contributed by atoms with Gasteiger partial charge in [-0.15, -0.1) is 0 Å². The predicted octanol–water partition coefficient (Wildman–Crippen LogP) is 4.96. The molecule has 2 saturated heterocycles. The molecule has 1 N–H and O–H groups in total. The predicted molar refractivity (Wildman–Crippen MR) is 116 cm³/mol. The summed E-state index contributed by atoms with van der Waals surface area (Å²) in [6, 6.07) is 4.18.